The molecule has 2 heterocycles. The van der Waals surface area contributed by atoms with Gasteiger partial charge in [0.2, 0.25) is 0 Å². The van der Waals surface area contributed by atoms with Gasteiger partial charge in [-0.2, -0.15) is 11.8 Å². The molecule has 2 aliphatic rings. The van der Waals surface area contributed by atoms with Gasteiger partial charge in [-0.1, -0.05) is 20.8 Å². The zero-order chi connectivity index (χ0) is 17.7. The molecule has 0 radical (unpaired) electrons. The molecule has 1 aromatic rings. The van der Waals surface area contributed by atoms with Crippen LogP contribution >= 0.6 is 11.8 Å². The molecule has 2 aliphatic heterocycles. The van der Waals surface area contributed by atoms with E-state index in [0.29, 0.717) is 5.25 Å². The predicted octanol–water partition coefficient (Wildman–Crippen LogP) is 4.12. The van der Waals surface area contributed by atoms with Crippen molar-refractivity contribution in [3.63, 3.8) is 0 Å². The predicted molar refractivity (Wildman–Crippen MR) is 91.9 cm³/mol. The Morgan fingerprint density at radius 3 is 2.58 bits per heavy atom. The van der Waals surface area contributed by atoms with E-state index in [1.165, 1.54) is 18.2 Å². The number of carbonyl (C=O) groups is 1. The van der Waals surface area contributed by atoms with Crippen LogP contribution in [0.25, 0.3) is 0 Å². The molecule has 0 aromatic heterocycles. The maximum absolute atomic E-state index is 11.4. The number of ether oxygens (including phenoxy) is 1. The molecule has 130 valence electrons. The summed E-state index contributed by atoms with van der Waals surface area (Å²) in [6.45, 7) is 6.25. The lowest BCUT2D eigenvalue weighted by molar-refractivity contribution is -0.386. The van der Waals surface area contributed by atoms with Crippen LogP contribution < -0.4 is 4.74 Å². The van der Waals surface area contributed by atoms with E-state index in [2.05, 4.69) is 20.8 Å². The molecular weight excluding hydrogens is 330 g/mol. The third-order valence-electron chi connectivity index (χ3n) is 5.12. The lowest BCUT2D eigenvalue weighted by atomic mass is 9.68. The Kier molecular flexibility index (Phi) is 4.02. The molecular formula is C17H21NO5S. The first kappa shape index (κ1) is 17.1. The number of hydrogen-bond acceptors (Lipinski definition) is 5. The molecule has 1 aromatic carbocycles. The van der Waals surface area contributed by atoms with Gasteiger partial charge in [0.05, 0.1) is 10.5 Å². The molecule has 0 aliphatic carbocycles. The number of nitrogens with zero attached hydrogens (tertiary/aromatic N) is 1. The molecule has 6 nitrogen and oxygen atoms in total. The molecule has 3 atom stereocenters. The van der Waals surface area contributed by atoms with Crippen molar-refractivity contribution in [2.24, 2.45) is 5.41 Å². The summed E-state index contributed by atoms with van der Waals surface area (Å²) in [5, 5.41) is 21.3. The van der Waals surface area contributed by atoms with E-state index in [1.54, 1.807) is 0 Å². The second-order valence-electron chi connectivity index (χ2n) is 7.51. The lowest BCUT2D eigenvalue weighted by Gasteiger charge is -2.46. The van der Waals surface area contributed by atoms with Crippen molar-refractivity contribution in [1.82, 2.24) is 0 Å². The number of rotatable bonds is 4. The Labute approximate surface area is 144 Å². The molecule has 2 saturated heterocycles. The number of aromatic carboxylic acids is 1. The van der Waals surface area contributed by atoms with Gasteiger partial charge in [-0.3, -0.25) is 10.1 Å². The molecule has 1 N–H and O–H groups in total. The van der Waals surface area contributed by atoms with E-state index in [-0.39, 0.29) is 27.7 Å². The van der Waals surface area contributed by atoms with E-state index in [4.69, 9.17) is 4.74 Å². The molecule has 0 amide bonds. The van der Waals surface area contributed by atoms with Crippen molar-refractivity contribution in [3.05, 3.63) is 33.9 Å². The summed E-state index contributed by atoms with van der Waals surface area (Å²) in [5.74, 6) is -1.06. The Balaban J connectivity index is 2.06. The fraction of sp³-hybridized carbons (Fsp3) is 0.588. The van der Waals surface area contributed by atoms with E-state index in [9.17, 15) is 20.0 Å². The summed E-state index contributed by atoms with van der Waals surface area (Å²) in [6, 6.07) is 3.74. The van der Waals surface area contributed by atoms with E-state index < -0.39 is 16.5 Å². The molecule has 3 rings (SSSR count). The van der Waals surface area contributed by atoms with Crippen molar-refractivity contribution in [2.45, 2.75) is 56.1 Å². The Morgan fingerprint density at radius 1 is 1.42 bits per heavy atom. The quantitative estimate of drug-likeness (QED) is 0.648. The minimum atomic E-state index is -1.12. The van der Waals surface area contributed by atoms with Gasteiger partial charge in [0.1, 0.15) is 5.60 Å². The monoisotopic (exact) mass is 351 g/mol. The average Bonchev–Trinajstić information content (AvgIpc) is 3.07. The summed E-state index contributed by atoms with van der Waals surface area (Å²) in [5.41, 5.74) is -0.929. The van der Waals surface area contributed by atoms with E-state index in [0.717, 1.165) is 19.3 Å². The van der Waals surface area contributed by atoms with Gasteiger partial charge in [0.15, 0.2) is 5.75 Å². The van der Waals surface area contributed by atoms with Crippen LogP contribution in [-0.4, -0.2) is 32.1 Å². The Hall–Kier alpha value is -1.76. The first-order valence-electron chi connectivity index (χ1n) is 8.00. The highest BCUT2D eigenvalue weighted by molar-refractivity contribution is 8.01. The number of nitro groups is 1. The Bertz CT molecular complexity index is 699. The summed E-state index contributed by atoms with van der Waals surface area (Å²) in [7, 11) is 0. The number of benzene rings is 1. The number of carboxylic acid groups (broad SMARTS) is 1. The zero-order valence-electron chi connectivity index (χ0n) is 13.9. The highest BCUT2D eigenvalue weighted by Crippen LogP contribution is 2.59. The molecule has 2 fully saturated rings. The topological polar surface area (TPSA) is 89.7 Å². The smallest absolute Gasteiger partial charge is 0.335 e. The van der Waals surface area contributed by atoms with Crippen molar-refractivity contribution in [3.8, 4) is 5.75 Å². The number of carboxylic acids is 1. The molecule has 3 unspecified atom stereocenters. The minimum absolute atomic E-state index is 0.00420. The third-order valence-corrected chi connectivity index (χ3v) is 6.86. The van der Waals surface area contributed by atoms with Gasteiger partial charge in [-0.25, -0.2) is 4.79 Å². The van der Waals surface area contributed by atoms with Crippen molar-refractivity contribution in [2.75, 3.05) is 0 Å². The number of fused-ring (bicyclic) bond motifs is 2. The first-order valence-corrected chi connectivity index (χ1v) is 8.94. The number of thioether (sulfide) groups is 1. The third kappa shape index (κ3) is 2.64. The van der Waals surface area contributed by atoms with E-state index in [1.807, 2.05) is 11.8 Å². The molecule has 24 heavy (non-hydrogen) atoms. The fourth-order valence-electron chi connectivity index (χ4n) is 3.79. The second kappa shape index (κ2) is 5.65. The van der Waals surface area contributed by atoms with Crippen LogP contribution in [0.2, 0.25) is 0 Å². The first-order chi connectivity index (χ1) is 11.1. The molecule has 0 spiro atoms. The van der Waals surface area contributed by atoms with Gasteiger partial charge in [0, 0.05) is 34.5 Å². The summed E-state index contributed by atoms with van der Waals surface area (Å²) in [6.07, 6.45) is 3.01. The average molecular weight is 351 g/mol. The SMILES string of the molecule is CC(C)(C)C1(Oc2cc(C(=O)O)ccc2[N+](=O)[O-])CC2CCC1S2. The van der Waals surface area contributed by atoms with Crippen molar-refractivity contribution >= 4 is 23.4 Å². The number of nitro benzene ring substituents is 1. The van der Waals surface area contributed by atoms with E-state index >= 15 is 0 Å². The van der Waals surface area contributed by atoms with Crippen LogP contribution in [0.5, 0.6) is 5.75 Å². The van der Waals surface area contributed by atoms with Crippen LogP contribution in [0.1, 0.15) is 50.4 Å². The molecule has 7 heteroatoms. The maximum atomic E-state index is 11.4. The van der Waals surface area contributed by atoms with Crippen LogP contribution in [0, 0.1) is 15.5 Å². The zero-order valence-corrected chi connectivity index (χ0v) is 14.8. The second-order valence-corrected chi connectivity index (χ2v) is 9.02. The maximum Gasteiger partial charge on any atom is 0.335 e. The Morgan fingerprint density at radius 2 is 2.12 bits per heavy atom. The normalized spacial score (nSPS) is 28.8. The highest BCUT2D eigenvalue weighted by Gasteiger charge is 2.60. The van der Waals surface area contributed by atoms with Crippen molar-refractivity contribution < 1.29 is 19.6 Å². The largest absolute Gasteiger partial charge is 0.478 e. The van der Waals surface area contributed by atoms with Gasteiger partial charge in [0.25, 0.3) is 0 Å². The highest BCUT2D eigenvalue weighted by atomic mass is 32.2. The van der Waals surface area contributed by atoms with Gasteiger partial charge in [-0.05, 0) is 18.9 Å². The molecule has 0 saturated carbocycles. The number of hydrogen-bond donors (Lipinski definition) is 1. The van der Waals surface area contributed by atoms with Crippen LogP contribution in [-0.2, 0) is 0 Å². The van der Waals surface area contributed by atoms with Gasteiger partial charge in [-0.15, -0.1) is 0 Å². The summed E-state index contributed by atoms with van der Waals surface area (Å²) in [4.78, 5) is 22.1. The fourth-order valence-corrected chi connectivity index (χ4v) is 5.86. The van der Waals surface area contributed by atoms with Gasteiger partial charge >= 0.3 is 11.7 Å². The van der Waals surface area contributed by atoms with Crippen molar-refractivity contribution in [1.29, 1.82) is 0 Å². The van der Waals surface area contributed by atoms with Crippen LogP contribution in [0.3, 0.4) is 0 Å². The van der Waals surface area contributed by atoms with Crippen LogP contribution in [0.4, 0.5) is 5.69 Å². The molecule has 2 bridgehead atoms. The minimum Gasteiger partial charge on any atom is -0.478 e. The lowest BCUT2D eigenvalue weighted by Crippen LogP contribution is -2.54. The summed E-state index contributed by atoms with van der Waals surface area (Å²) >= 11 is 1.90. The van der Waals surface area contributed by atoms with Crippen LogP contribution in [0.15, 0.2) is 18.2 Å². The summed E-state index contributed by atoms with van der Waals surface area (Å²) < 4.78 is 6.32. The van der Waals surface area contributed by atoms with Gasteiger partial charge < -0.3 is 9.84 Å². The standard InChI is InChI=1S/C17H21NO5S/c1-16(2,3)17(9-11-5-7-14(17)24-11)23-13-8-10(15(19)20)4-6-12(13)18(21)22/h4,6,8,11,14H,5,7,9H2,1-3H3,(H,19,20).